The van der Waals surface area contributed by atoms with Gasteiger partial charge in [-0.05, 0) is 36.6 Å². The summed E-state index contributed by atoms with van der Waals surface area (Å²) in [6, 6.07) is 15.1. The Bertz CT molecular complexity index is 709. The van der Waals surface area contributed by atoms with E-state index >= 15 is 0 Å². The number of amides is 2. The molecule has 0 heterocycles. The van der Waals surface area contributed by atoms with E-state index in [1.54, 1.807) is 0 Å². The monoisotopic (exact) mass is 339 g/mol. The van der Waals surface area contributed by atoms with Gasteiger partial charge < -0.3 is 16.4 Å². The Labute approximate surface area is 148 Å². The third-order valence-corrected chi connectivity index (χ3v) is 3.96. The molecule has 2 rings (SSSR count). The molecular weight excluding hydrogens is 314 g/mol. The lowest BCUT2D eigenvalue weighted by molar-refractivity contribution is -0.122. The van der Waals surface area contributed by atoms with E-state index in [0.29, 0.717) is 6.54 Å². The predicted octanol–water partition coefficient (Wildman–Crippen LogP) is 2.50. The van der Waals surface area contributed by atoms with Crippen molar-refractivity contribution in [3.63, 3.8) is 0 Å². The highest BCUT2D eigenvalue weighted by atomic mass is 16.2. The van der Waals surface area contributed by atoms with E-state index in [9.17, 15) is 9.59 Å². The number of hydrogen-bond acceptors (Lipinski definition) is 3. The number of nitrogen functional groups attached to an aromatic ring is 1. The molecule has 0 aliphatic carbocycles. The molecule has 5 nitrogen and oxygen atoms in total. The summed E-state index contributed by atoms with van der Waals surface area (Å²) in [7, 11) is 0. The minimum absolute atomic E-state index is 0.0882. The molecular formula is C20H25N3O2. The van der Waals surface area contributed by atoms with Crippen LogP contribution in [-0.2, 0) is 16.0 Å². The first-order chi connectivity index (χ1) is 11.9. The molecule has 0 saturated carbocycles. The number of rotatable bonds is 7. The highest BCUT2D eigenvalue weighted by Gasteiger charge is 2.16. The van der Waals surface area contributed by atoms with Crippen molar-refractivity contribution in [2.45, 2.75) is 32.7 Å². The summed E-state index contributed by atoms with van der Waals surface area (Å²) in [5.41, 5.74) is 9.56. The normalized spacial score (nSPS) is 11.6. The second-order valence-corrected chi connectivity index (χ2v) is 6.21. The molecule has 2 aromatic rings. The van der Waals surface area contributed by atoms with E-state index < -0.39 is 0 Å². The van der Waals surface area contributed by atoms with Gasteiger partial charge in [-0.15, -0.1) is 0 Å². The summed E-state index contributed by atoms with van der Waals surface area (Å²) < 4.78 is 0. The van der Waals surface area contributed by atoms with Crippen molar-refractivity contribution in [3.8, 4) is 0 Å². The molecule has 0 aliphatic rings. The lowest BCUT2D eigenvalue weighted by atomic mass is 10.0. The summed E-state index contributed by atoms with van der Waals surface area (Å²) in [4.78, 5) is 23.7. The number of aryl methyl sites for hydroxylation is 1. The lowest BCUT2D eigenvalue weighted by Gasteiger charge is -2.18. The molecule has 2 aromatic carbocycles. The molecule has 132 valence electrons. The summed E-state index contributed by atoms with van der Waals surface area (Å²) in [5, 5.41) is 5.76. The average molecular weight is 339 g/mol. The standard InChI is InChI=1S/C20H25N3O2/c1-14-3-7-17(8-4-14)19(23-15(2)24)13-20(25)22-12-11-16-5-9-18(21)10-6-16/h3-10,19H,11-13,21H2,1-2H3,(H,22,25)(H,23,24). The van der Waals surface area contributed by atoms with Gasteiger partial charge in [0, 0.05) is 19.2 Å². The van der Waals surface area contributed by atoms with Gasteiger partial charge >= 0.3 is 0 Å². The number of hydrogen-bond donors (Lipinski definition) is 3. The van der Waals surface area contributed by atoms with Crippen LogP contribution in [0.25, 0.3) is 0 Å². The Morgan fingerprint density at radius 2 is 1.68 bits per heavy atom. The Hall–Kier alpha value is -2.82. The van der Waals surface area contributed by atoms with Crippen LogP contribution >= 0.6 is 0 Å². The quantitative estimate of drug-likeness (QED) is 0.678. The van der Waals surface area contributed by atoms with Crippen LogP contribution in [-0.4, -0.2) is 18.4 Å². The smallest absolute Gasteiger partial charge is 0.222 e. The highest BCUT2D eigenvalue weighted by Crippen LogP contribution is 2.17. The summed E-state index contributed by atoms with van der Waals surface area (Å²) in [5.74, 6) is -0.241. The molecule has 0 bridgehead atoms. The molecule has 0 aliphatic heterocycles. The largest absolute Gasteiger partial charge is 0.399 e. The van der Waals surface area contributed by atoms with Gasteiger partial charge in [0.25, 0.3) is 0 Å². The fourth-order valence-electron chi connectivity index (χ4n) is 2.58. The van der Waals surface area contributed by atoms with Crippen LogP contribution < -0.4 is 16.4 Å². The molecule has 1 unspecified atom stereocenters. The maximum atomic E-state index is 12.2. The number of carbonyl (C=O) groups is 2. The minimum Gasteiger partial charge on any atom is -0.399 e. The van der Waals surface area contributed by atoms with Gasteiger partial charge in [-0.2, -0.15) is 0 Å². The molecule has 0 radical (unpaired) electrons. The molecule has 4 N–H and O–H groups in total. The van der Waals surface area contributed by atoms with Crippen molar-refractivity contribution in [2.75, 3.05) is 12.3 Å². The van der Waals surface area contributed by atoms with E-state index in [0.717, 1.165) is 28.8 Å². The third-order valence-electron chi connectivity index (χ3n) is 3.96. The first-order valence-electron chi connectivity index (χ1n) is 8.39. The highest BCUT2D eigenvalue weighted by molar-refractivity contribution is 5.79. The van der Waals surface area contributed by atoms with Crippen LogP contribution in [0.3, 0.4) is 0 Å². The van der Waals surface area contributed by atoms with Crippen LogP contribution in [0.15, 0.2) is 48.5 Å². The second kappa shape index (κ2) is 8.87. The summed E-state index contributed by atoms with van der Waals surface area (Å²) in [6.45, 7) is 4.00. The maximum absolute atomic E-state index is 12.2. The zero-order chi connectivity index (χ0) is 18.2. The Balaban J connectivity index is 1.89. The van der Waals surface area contributed by atoms with Crippen LogP contribution in [0.5, 0.6) is 0 Å². The van der Waals surface area contributed by atoms with Crippen LogP contribution in [0.2, 0.25) is 0 Å². The van der Waals surface area contributed by atoms with Gasteiger partial charge in [-0.1, -0.05) is 42.0 Å². The molecule has 25 heavy (non-hydrogen) atoms. The molecule has 5 heteroatoms. The van der Waals surface area contributed by atoms with Crippen LogP contribution in [0.1, 0.15) is 36.1 Å². The van der Waals surface area contributed by atoms with E-state index in [1.807, 2.05) is 55.5 Å². The van der Waals surface area contributed by atoms with Crippen LogP contribution in [0.4, 0.5) is 5.69 Å². The molecule has 0 saturated heterocycles. The van der Waals surface area contributed by atoms with Crippen LogP contribution in [0, 0.1) is 6.92 Å². The topological polar surface area (TPSA) is 84.2 Å². The van der Waals surface area contributed by atoms with E-state index in [-0.39, 0.29) is 24.3 Å². The van der Waals surface area contributed by atoms with Crippen molar-refractivity contribution in [3.05, 3.63) is 65.2 Å². The summed E-state index contributed by atoms with van der Waals surface area (Å²) in [6.07, 6.45) is 0.950. The van der Waals surface area contributed by atoms with Gasteiger partial charge in [-0.3, -0.25) is 9.59 Å². The zero-order valence-electron chi connectivity index (χ0n) is 14.7. The Morgan fingerprint density at radius 1 is 1.04 bits per heavy atom. The second-order valence-electron chi connectivity index (χ2n) is 6.21. The summed E-state index contributed by atoms with van der Waals surface area (Å²) >= 11 is 0. The molecule has 1 atom stereocenters. The predicted molar refractivity (Wildman–Crippen MR) is 99.9 cm³/mol. The van der Waals surface area contributed by atoms with Gasteiger partial charge in [0.2, 0.25) is 11.8 Å². The molecule has 0 aromatic heterocycles. The fraction of sp³-hybridized carbons (Fsp3) is 0.300. The van der Waals surface area contributed by atoms with Crippen molar-refractivity contribution in [1.29, 1.82) is 0 Å². The number of anilines is 1. The Morgan fingerprint density at radius 3 is 2.28 bits per heavy atom. The first kappa shape index (κ1) is 18.5. The van der Waals surface area contributed by atoms with Gasteiger partial charge in [0.15, 0.2) is 0 Å². The van der Waals surface area contributed by atoms with E-state index in [1.165, 1.54) is 6.92 Å². The SMILES string of the molecule is CC(=O)NC(CC(=O)NCCc1ccc(N)cc1)c1ccc(C)cc1. The average Bonchev–Trinajstić information content (AvgIpc) is 2.56. The molecule has 0 fully saturated rings. The number of nitrogens with two attached hydrogens (primary N) is 1. The van der Waals surface area contributed by atoms with Gasteiger partial charge in [-0.25, -0.2) is 0 Å². The first-order valence-corrected chi connectivity index (χ1v) is 8.39. The van der Waals surface area contributed by atoms with E-state index in [2.05, 4.69) is 10.6 Å². The van der Waals surface area contributed by atoms with Crippen molar-refractivity contribution < 1.29 is 9.59 Å². The number of benzene rings is 2. The van der Waals surface area contributed by atoms with Crippen molar-refractivity contribution in [1.82, 2.24) is 10.6 Å². The van der Waals surface area contributed by atoms with E-state index in [4.69, 9.17) is 5.73 Å². The molecule has 0 spiro atoms. The number of carbonyl (C=O) groups excluding carboxylic acids is 2. The lowest BCUT2D eigenvalue weighted by Crippen LogP contribution is -2.33. The Kier molecular flexibility index (Phi) is 6.57. The van der Waals surface area contributed by atoms with Crippen molar-refractivity contribution >= 4 is 17.5 Å². The fourth-order valence-corrected chi connectivity index (χ4v) is 2.58. The third kappa shape index (κ3) is 6.30. The molecule has 2 amide bonds. The van der Waals surface area contributed by atoms with Crippen molar-refractivity contribution in [2.24, 2.45) is 0 Å². The van der Waals surface area contributed by atoms with Gasteiger partial charge in [0.1, 0.15) is 0 Å². The number of nitrogens with one attached hydrogen (secondary N) is 2. The zero-order valence-corrected chi connectivity index (χ0v) is 14.7. The maximum Gasteiger partial charge on any atom is 0.222 e. The minimum atomic E-state index is -0.324. The van der Waals surface area contributed by atoms with Gasteiger partial charge in [0.05, 0.1) is 12.5 Å².